The van der Waals surface area contributed by atoms with Crippen molar-refractivity contribution >= 4 is 34.1 Å². The summed E-state index contributed by atoms with van der Waals surface area (Å²) in [6.07, 6.45) is 7.03. The first-order valence-electron chi connectivity index (χ1n) is 13.3. The lowest BCUT2D eigenvalue weighted by atomic mass is 9.83. The summed E-state index contributed by atoms with van der Waals surface area (Å²) < 4.78 is 0. The number of thiazole rings is 1. The number of likely N-dealkylation sites (N-methyl/N-ethyl adjacent to an activating group) is 1. The number of carbonyl (C=O) groups is 2. The minimum absolute atomic E-state index is 0.00408. The third kappa shape index (κ3) is 5.33. The van der Waals surface area contributed by atoms with Gasteiger partial charge in [-0.25, -0.2) is 4.98 Å². The number of likely N-dealkylation sites (tertiary alicyclic amines) is 1. The molecule has 1 aromatic carbocycles. The number of hydrogen-bond donors (Lipinski definition) is 3. The van der Waals surface area contributed by atoms with E-state index < -0.39 is 6.04 Å². The molecule has 2 aromatic heterocycles. The van der Waals surface area contributed by atoms with Crippen molar-refractivity contribution in [3.05, 3.63) is 51.1 Å². The monoisotopic (exact) mass is 521 g/mol. The molecule has 1 aliphatic heterocycles. The number of carbonyl (C=O) groups excluding carboxylic acids is 2. The Morgan fingerprint density at radius 1 is 1.14 bits per heavy atom. The second-order valence-electron chi connectivity index (χ2n) is 10.2. The number of nitrogens with one attached hydrogen (secondary N) is 3. The number of pyridine rings is 1. The number of aromatic amines is 1. The molecular formula is C28H35N5O3S. The van der Waals surface area contributed by atoms with E-state index in [4.69, 9.17) is 4.98 Å². The minimum Gasteiger partial charge on any atom is -0.343 e. The molecule has 2 amide bonds. The van der Waals surface area contributed by atoms with Crippen LogP contribution in [0.25, 0.3) is 22.2 Å². The predicted octanol–water partition coefficient (Wildman–Crippen LogP) is 3.99. The van der Waals surface area contributed by atoms with Gasteiger partial charge in [-0.2, -0.15) is 0 Å². The van der Waals surface area contributed by atoms with Gasteiger partial charge in [0.2, 0.25) is 17.4 Å². The molecule has 3 atom stereocenters. The van der Waals surface area contributed by atoms with Gasteiger partial charge in [0, 0.05) is 34.5 Å². The van der Waals surface area contributed by atoms with Crippen LogP contribution in [0.2, 0.25) is 0 Å². The number of H-pyrrole nitrogens is 1. The molecule has 2 aliphatic rings. The van der Waals surface area contributed by atoms with Gasteiger partial charge in [-0.3, -0.25) is 14.4 Å². The number of benzene rings is 1. The molecule has 9 heteroatoms. The van der Waals surface area contributed by atoms with Crippen molar-refractivity contribution < 1.29 is 9.59 Å². The zero-order valence-corrected chi connectivity index (χ0v) is 22.3. The van der Waals surface area contributed by atoms with Gasteiger partial charge >= 0.3 is 0 Å². The van der Waals surface area contributed by atoms with Gasteiger partial charge in [0.1, 0.15) is 11.0 Å². The van der Waals surface area contributed by atoms with E-state index in [1.165, 1.54) is 17.8 Å². The molecule has 3 aromatic rings. The molecular weight excluding hydrogens is 486 g/mol. The van der Waals surface area contributed by atoms with Crippen molar-refractivity contribution in [2.75, 3.05) is 13.6 Å². The molecule has 0 radical (unpaired) electrons. The molecule has 1 aliphatic carbocycles. The van der Waals surface area contributed by atoms with Gasteiger partial charge in [0.05, 0.1) is 17.8 Å². The molecule has 37 heavy (non-hydrogen) atoms. The van der Waals surface area contributed by atoms with E-state index in [1.807, 2.05) is 41.5 Å². The fourth-order valence-electron chi connectivity index (χ4n) is 5.70. The van der Waals surface area contributed by atoms with Crippen molar-refractivity contribution in [3.8, 4) is 11.3 Å². The molecule has 3 N–H and O–H groups in total. The fraction of sp³-hybridized carbons (Fsp3) is 0.500. The SMILES string of the molecule is CN[C@@H](C)C(=O)N[C@H](C(=O)N1CCC[C@H]1c1nc(-c2cc(=O)[nH]c3ccccc23)cs1)C1CCCCC1. The largest absolute Gasteiger partial charge is 0.343 e. The lowest BCUT2D eigenvalue weighted by molar-refractivity contribution is -0.139. The zero-order valence-electron chi connectivity index (χ0n) is 21.5. The van der Waals surface area contributed by atoms with Crippen LogP contribution in [0.3, 0.4) is 0 Å². The molecule has 0 unspecified atom stereocenters. The van der Waals surface area contributed by atoms with Gasteiger partial charge < -0.3 is 20.5 Å². The number of fused-ring (bicyclic) bond motifs is 1. The van der Waals surface area contributed by atoms with E-state index in [9.17, 15) is 14.4 Å². The van der Waals surface area contributed by atoms with Gasteiger partial charge in [-0.05, 0) is 51.6 Å². The molecule has 1 saturated heterocycles. The fourth-order valence-corrected chi connectivity index (χ4v) is 6.67. The predicted molar refractivity (Wildman–Crippen MR) is 146 cm³/mol. The maximum absolute atomic E-state index is 14.0. The van der Waals surface area contributed by atoms with E-state index in [0.717, 1.165) is 65.7 Å². The van der Waals surface area contributed by atoms with Gasteiger partial charge in [0.15, 0.2) is 0 Å². The Balaban J connectivity index is 1.42. The minimum atomic E-state index is -0.514. The van der Waals surface area contributed by atoms with E-state index >= 15 is 0 Å². The Labute approximate surface area is 220 Å². The summed E-state index contributed by atoms with van der Waals surface area (Å²) >= 11 is 1.53. The Bertz CT molecular complexity index is 1330. The second-order valence-corrected chi connectivity index (χ2v) is 11.1. The lowest BCUT2D eigenvalue weighted by Gasteiger charge is -2.35. The number of hydrogen-bond acceptors (Lipinski definition) is 6. The first-order chi connectivity index (χ1) is 18.0. The van der Waals surface area contributed by atoms with E-state index in [0.29, 0.717) is 6.54 Å². The van der Waals surface area contributed by atoms with Crippen LogP contribution in [0.15, 0.2) is 40.5 Å². The highest BCUT2D eigenvalue weighted by molar-refractivity contribution is 7.10. The van der Waals surface area contributed by atoms with Gasteiger partial charge in [-0.15, -0.1) is 11.3 Å². The van der Waals surface area contributed by atoms with E-state index in [-0.39, 0.29) is 35.4 Å². The van der Waals surface area contributed by atoms with Crippen LogP contribution in [0, 0.1) is 5.92 Å². The molecule has 196 valence electrons. The maximum Gasteiger partial charge on any atom is 0.249 e. The standard InChI is InChI=1S/C28H35N5O3S/c1-17(29-2)26(35)32-25(18-9-4-3-5-10-18)28(36)33-14-8-13-23(33)27-31-22(16-37-27)20-15-24(34)30-21-12-7-6-11-19(20)21/h6-7,11-12,15-18,23,25,29H,3-5,8-10,13-14H2,1-2H3,(H,30,34)(H,32,35)/t17-,23-,25-/m0/s1. The first-order valence-corrected chi connectivity index (χ1v) is 14.2. The van der Waals surface area contributed by atoms with Crippen molar-refractivity contribution in [2.24, 2.45) is 5.92 Å². The average Bonchev–Trinajstić information content (AvgIpc) is 3.61. The summed E-state index contributed by atoms with van der Waals surface area (Å²) in [5, 5.41) is 9.87. The van der Waals surface area contributed by atoms with Crippen LogP contribution >= 0.6 is 11.3 Å². The number of amides is 2. The topological polar surface area (TPSA) is 107 Å². The summed E-state index contributed by atoms with van der Waals surface area (Å²) in [5.41, 5.74) is 2.16. The van der Waals surface area contributed by atoms with Crippen LogP contribution in [0.1, 0.15) is 62.9 Å². The Kier molecular flexibility index (Phi) is 7.71. The summed E-state index contributed by atoms with van der Waals surface area (Å²) in [6, 6.07) is 8.31. The normalized spacial score (nSPS) is 20.2. The number of rotatable bonds is 7. The molecule has 8 nitrogen and oxygen atoms in total. The summed E-state index contributed by atoms with van der Waals surface area (Å²) in [5.74, 6) is 0.0223. The lowest BCUT2D eigenvalue weighted by Crippen LogP contribution is -2.55. The molecule has 0 spiro atoms. The van der Waals surface area contributed by atoms with Gasteiger partial charge in [-0.1, -0.05) is 37.5 Å². The number of nitrogens with zero attached hydrogens (tertiary/aromatic N) is 2. The average molecular weight is 522 g/mol. The van der Waals surface area contributed by atoms with Gasteiger partial charge in [0.25, 0.3) is 0 Å². The third-order valence-corrected chi connectivity index (χ3v) is 8.83. The summed E-state index contributed by atoms with van der Waals surface area (Å²) in [7, 11) is 1.75. The van der Waals surface area contributed by atoms with Crippen molar-refractivity contribution in [3.63, 3.8) is 0 Å². The Morgan fingerprint density at radius 3 is 2.70 bits per heavy atom. The van der Waals surface area contributed by atoms with Crippen LogP contribution in [-0.2, 0) is 9.59 Å². The zero-order chi connectivity index (χ0) is 25.9. The Morgan fingerprint density at radius 2 is 1.92 bits per heavy atom. The number of aromatic nitrogens is 2. The van der Waals surface area contributed by atoms with E-state index in [1.54, 1.807) is 13.1 Å². The van der Waals surface area contributed by atoms with Crippen molar-refractivity contribution in [1.29, 1.82) is 0 Å². The highest BCUT2D eigenvalue weighted by atomic mass is 32.1. The molecule has 1 saturated carbocycles. The van der Waals surface area contributed by atoms with Crippen LogP contribution in [-0.4, -0.2) is 52.4 Å². The summed E-state index contributed by atoms with van der Waals surface area (Å²) in [4.78, 5) is 48.8. The quantitative estimate of drug-likeness (QED) is 0.436. The second kappa shape index (κ2) is 11.1. The highest BCUT2D eigenvalue weighted by Gasteiger charge is 2.40. The number of para-hydroxylation sites is 1. The smallest absolute Gasteiger partial charge is 0.249 e. The van der Waals surface area contributed by atoms with Crippen molar-refractivity contribution in [2.45, 2.75) is 70.0 Å². The van der Waals surface area contributed by atoms with Crippen LogP contribution in [0.5, 0.6) is 0 Å². The van der Waals surface area contributed by atoms with E-state index in [2.05, 4.69) is 15.6 Å². The highest BCUT2D eigenvalue weighted by Crippen LogP contribution is 2.38. The Hall–Kier alpha value is -3.04. The molecule has 2 fully saturated rings. The third-order valence-electron chi connectivity index (χ3n) is 7.88. The maximum atomic E-state index is 14.0. The van der Waals surface area contributed by atoms with Crippen molar-refractivity contribution in [1.82, 2.24) is 25.5 Å². The molecule has 5 rings (SSSR count). The molecule has 0 bridgehead atoms. The van der Waals surface area contributed by atoms with Crippen LogP contribution < -0.4 is 16.2 Å². The summed E-state index contributed by atoms with van der Waals surface area (Å²) in [6.45, 7) is 2.47. The van der Waals surface area contributed by atoms with Crippen LogP contribution in [0.4, 0.5) is 0 Å². The molecule has 3 heterocycles. The first kappa shape index (κ1) is 25.6.